The van der Waals surface area contributed by atoms with Gasteiger partial charge < -0.3 is 10.6 Å². The number of azo groups is 1. The fourth-order valence-corrected chi connectivity index (χ4v) is 6.36. The third-order valence-corrected chi connectivity index (χ3v) is 9.34. The van der Waals surface area contributed by atoms with Crippen LogP contribution in [0.15, 0.2) is 94.5 Å². The number of amidine groups is 1. The zero-order valence-corrected chi connectivity index (χ0v) is 29.7. The molecule has 48 heavy (non-hydrogen) atoms. The molecule has 2 aliphatic rings. The Hall–Kier alpha value is -3.80. The molecule has 0 bridgehead atoms. The van der Waals surface area contributed by atoms with E-state index in [1.54, 1.807) is 0 Å². The van der Waals surface area contributed by atoms with E-state index in [0.717, 1.165) is 34.9 Å². The Kier molecular flexibility index (Phi) is 16.9. The molecule has 0 saturated heterocycles. The Balaban J connectivity index is 0.00000433. The molecule has 1 radical (unpaired) electrons. The lowest BCUT2D eigenvalue weighted by atomic mass is 10.0. The predicted octanol–water partition coefficient (Wildman–Crippen LogP) is 11.4. The molecule has 2 N–H and O–H groups in total. The lowest BCUT2D eigenvalue weighted by Crippen LogP contribution is -2.23. The van der Waals surface area contributed by atoms with Crippen LogP contribution in [0.5, 0.6) is 0 Å². The van der Waals surface area contributed by atoms with Gasteiger partial charge in [-0.15, -0.1) is 0 Å². The van der Waals surface area contributed by atoms with Crippen LogP contribution in [-0.4, -0.2) is 29.9 Å². The van der Waals surface area contributed by atoms with E-state index in [-0.39, 0.29) is 8.76 Å². The standard InChI is InChI=1S/C42H58N5O.2H2/c1-3-4-5-6-7-8-9-10-11-12-13-14-15-16-17-19-24-35-25-22-26-36(31-35)33-44-42(48)38-29-23-30-39(32-38)43-34-40-45-46-41(47(40)2)37-27-20-18-21-28-37;;/h18,20-23,25-32,43H,3-17,19,24,33-34H2,1-2H3;2*1H/p+1. The average molecular weight is 654 g/mol. The Morgan fingerprint density at radius 3 is 2.02 bits per heavy atom. The summed E-state index contributed by atoms with van der Waals surface area (Å²) in [5.41, 5.74) is 5.03. The molecule has 2 aromatic rings. The monoisotopic (exact) mass is 654 g/mol. The number of nitrogens with one attached hydrogen (secondary N) is 2. The van der Waals surface area contributed by atoms with Crippen LogP contribution in [0.3, 0.4) is 0 Å². The van der Waals surface area contributed by atoms with Crippen LogP contribution in [-0.2, 0) is 13.0 Å². The first-order valence-electron chi connectivity index (χ1n) is 18.8. The Labute approximate surface area is 293 Å². The zero-order valence-electron chi connectivity index (χ0n) is 29.7. The SMILES string of the molecule is CCCCCCCCCCCCCCCCCCc1cccc(CNC(=O)c2cccc(NCC3=[N+](C)/C(=C4/[CH]C=CC=C4)N=N3)c2)c1.[HH].[HH]. The third kappa shape index (κ3) is 13.4. The van der Waals surface area contributed by atoms with Gasteiger partial charge in [0, 0.05) is 32.6 Å². The highest BCUT2D eigenvalue weighted by molar-refractivity contribution is 5.95. The molecule has 0 aromatic heterocycles. The molecule has 0 atom stereocenters. The minimum atomic E-state index is -0.0770. The molecule has 0 unspecified atom stereocenters. The summed E-state index contributed by atoms with van der Waals surface area (Å²) in [6, 6.07) is 16.3. The third-order valence-electron chi connectivity index (χ3n) is 9.34. The van der Waals surface area contributed by atoms with Gasteiger partial charge in [0.15, 0.2) is 0 Å². The number of amides is 1. The van der Waals surface area contributed by atoms with Gasteiger partial charge in [-0.05, 0) is 42.2 Å². The van der Waals surface area contributed by atoms with Crippen molar-refractivity contribution in [2.24, 2.45) is 10.2 Å². The van der Waals surface area contributed by atoms with Gasteiger partial charge in [0.1, 0.15) is 6.54 Å². The quantitative estimate of drug-likeness (QED) is 0.0925. The molecule has 1 amide bonds. The number of anilines is 1. The van der Waals surface area contributed by atoms with Crippen molar-refractivity contribution in [1.82, 2.24) is 5.32 Å². The summed E-state index contributed by atoms with van der Waals surface area (Å²) in [4.78, 5) is 13.0. The fraction of sp³-hybridized carbons (Fsp3) is 0.500. The maximum absolute atomic E-state index is 13.0. The number of unbranched alkanes of at least 4 members (excludes halogenated alkanes) is 15. The van der Waals surface area contributed by atoms with Crippen molar-refractivity contribution in [2.75, 3.05) is 18.9 Å². The highest BCUT2D eigenvalue weighted by Crippen LogP contribution is 2.21. The van der Waals surface area contributed by atoms with E-state index in [0.29, 0.717) is 18.7 Å². The van der Waals surface area contributed by atoms with E-state index in [4.69, 9.17) is 0 Å². The number of hydrogen-bond donors (Lipinski definition) is 2. The van der Waals surface area contributed by atoms with E-state index in [9.17, 15) is 4.79 Å². The van der Waals surface area contributed by atoms with Gasteiger partial charge in [-0.25, -0.2) is 4.58 Å². The minimum absolute atomic E-state index is 0. The van der Waals surface area contributed by atoms with E-state index < -0.39 is 0 Å². The van der Waals surface area contributed by atoms with Crippen LogP contribution in [0.2, 0.25) is 0 Å². The highest BCUT2D eigenvalue weighted by atomic mass is 16.1. The topological polar surface area (TPSA) is 68.9 Å². The smallest absolute Gasteiger partial charge is 0.309 e. The maximum Gasteiger partial charge on any atom is 0.309 e. The molecule has 6 heteroatoms. The van der Waals surface area contributed by atoms with Gasteiger partial charge in [0.25, 0.3) is 5.91 Å². The molecule has 4 rings (SSSR count). The number of rotatable bonds is 23. The molecule has 1 aliphatic heterocycles. The van der Waals surface area contributed by atoms with Gasteiger partial charge >= 0.3 is 11.7 Å². The second kappa shape index (κ2) is 22.0. The van der Waals surface area contributed by atoms with Crippen LogP contribution in [0, 0.1) is 6.42 Å². The molecule has 2 aromatic carbocycles. The van der Waals surface area contributed by atoms with Gasteiger partial charge in [-0.3, -0.25) is 4.79 Å². The first-order chi connectivity index (χ1) is 23.6. The Bertz CT molecular complexity index is 1450. The maximum atomic E-state index is 13.0. The van der Waals surface area contributed by atoms with Gasteiger partial charge in [0.2, 0.25) is 0 Å². The van der Waals surface area contributed by atoms with E-state index in [1.165, 1.54) is 108 Å². The summed E-state index contributed by atoms with van der Waals surface area (Å²) in [5.74, 6) is 1.57. The lowest BCUT2D eigenvalue weighted by Gasteiger charge is -2.09. The first-order valence-corrected chi connectivity index (χ1v) is 18.8. The lowest BCUT2D eigenvalue weighted by molar-refractivity contribution is -0.441. The van der Waals surface area contributed by atoms with Crippen LogP contribution in [0.1, 0.15) is 134 Å². The largest absolute Gasteiger partial charge is 0.375 e. The number of carbonyl (C=O) groups excluding carboxylic acids is 1. The van der Waals surface area contributed by atoms with Crippen molar-refractivity contribution in [1.29, 1.82) is 0 Å². The molecule has 0 fully saturated rings. The summed E-state index contributed by atoms with van der Waals surface area (Å²) in [6.07, 6.45) is 33.4. The van der Waals surface area contributed by atoms with E-state index in [2.05, 4.69) is 52.1 Å². The van der Waals surface area contributed by atoms with Crippen molar-refractivity contribution in [3.05, 3.63) is 107 Å². The Morgan fingerprint density at radius 2 is 1.35 bits per heavy atom. The molecule has 1 heterocycles. The van der Waals surface area contributed by atoms with Crippen LogP contribution in [0.4, 0.5) is 5.69 Å². The van der Waals surface area contributed by atoms with Crippen molar-refractivity contribution in [3.8, 4) is 0 Å². The molecule has 6 nitrogen and oxygen atoms in total. The summed E-state index contributed by atoms with van der Waals surface area (Å²) < 4.78 is 1.99. The summed E-state index contributed by atoms with van der Waals surface area (Å²) in [7, 11) is 1.97. The zero-order chi connectivity index (χ0) is 33.7. The number of allylic oxidation sites excluding steroid dienone is 5. The molecule has 261 valence electrons. The van der Waals surface area contributed by atoms with Crippen molar-refractivity contribution in [3.63, 3.8) is 0 Å². The molecule has 1 aliphatic carbocycles. The summed E-state index contributed by atoms with van der Waals surface area (Å²) in [6.45, 7) is 3.32. The number of aryl methyl sites for hydroxylation is 1. The highest BCUT2D eigenvalue weighted by Gasteiger charge is 2.26. The van der Waals surface area contributed by atoms with Gasteiger partial charge in [-0.2, -0.15) is 0 Å². The normalized spacial score (nSPS) is 15.5. The Morgan fingerprint density at radius 1 is 0.708 bits per heavy atom. The van der Waals surface area contributed by atoms with E-state index in [1.807, 2.05) is 66.6 Å². The summed E-state index contributed by atoms with van der Waals surface area (Å²) in [5, 5.41) is 15.2. The molecule has 0 saturated carbocycles. The summed E-state index contributed by atoms with van der Waals surface area (Å²) >= 11 is 0. The number of hydrogen-bond acceptors (Lipinski definition) is 4. The van der Waals surface area contributed by atoms with Crippen LogP contribution < -0.4 is 10.6 Å². The minimum Gasteiger partial charge on any atom is -0.375 e. The molecule has 0 spiro atoms. The van der Waals surface area contributed by atoms with Gasteiger partial charge in [0.05, 0.1) is 17.3 Å². The first kappa shape index (κ1) is 37.0. The number of carbonyl (C=O) groups is 1. The predicted molar refractivity (Wildman–Crippen MR) is 206 cm³/mol. The second-order valence-corrected chi connectivity index (χ2v) is 13.4. The fourth-order valence-electron chi connectivity index (χ4n) is 6.36. The molecular formula is C42H63N5O+. The molecular weight excluding hydrogens is 590 g/mol. The van der Waals surface area contributed by atoms with Crippen molar-refractivity contribution in [2.45, 2.75) is 123 Å². The average Bonchev–Trinajstić information content (AvgIpc) is 3.49. The number of benzene rings is 2. The van der Waals surface area contributed by atoms with Crippen LogP contribution >= 0.6 is 0 Å². The second-order valence-electron chi connectivity index (χ2n) is 13.4. The van der Waals surface area contributed by atoms with Crippen molar-refractivity contribution >= 4 is 17.4 Å². The van der Waals surface area contributed by atoms with Crippen molar-refractivity contribution < 1.29 is 12.2 Å². The van der Waals surface area contributed by atoms with Crippen LogP contribution in [0.25, 0.3) is 0 Å². The van der Waals surface area contributed by atoms with Gasteiger partial charge in [-0.1, -0.05) is 158 Å². The van der Waals surface area contributed by atoms with E-state index >= 15 is 0 Å². The number of nitrogens with zero attached hydrogens (tertiary/aromatic N) is 3.